The number of nitrogens with zero attached hydrogens (tertiary/aromatic N) is 3. The molecule has 0 radical (unpaired) electrons. The number of fused-ring (bicyclic) bond motifs is 1. The zero-order valence-corrected chi connectivity index (χ0v) is 21.3. The molecule has 2 aliphatic heterocycles. The lowest BCUT2D eigenvalue weighted by atomic mass is 10.1. The summed E-state index contributed by atoms with van der Waals surface area (Å²) in [7, 11) is 1.65. The monoisotopic (exact) mass is 507 g/mol. The number of carbonyl (C=O) groups is 1. The first-order valence-electron chi connectivity index (χ1n) is 12.6. The van der Waals surface area contributed by atoms with E-state index in [9.17, 15) is 9.59 Å². The Morgan fingerprint density at radius 1 is 1.19 bits per heavy atom. The summed E-state index contributed by atoms with van der Waals surface area (Å²) in [6.45, 7) is 7.95. The second-order valence-corrected chi connectivity index (χ2v) is 9.53. The van der Waals surface area contributed by atoms with Crippen LogP contribution in [-0.4, -0.2) is 86.6 Å². The van der Waals surface area contributed by atoms with Crippen LogP contribution in [0, 0.1) is 6.92 Å². The van der Waals surface area contributed by atoms with Gasteiger partial charge in [0.2, 0.25) is 5.56 Å². The second-order valence-electron chi connectivity index (χ2n) is 9.53. The maximum absolute atomic E-state index is 13.7. The van der Waals surface area contributed by atoms with E-state index >= 15 is 0 Å². The maximum Gasteiger partial charge on any atom is 0.259 e. The molecular formula is C27H33N5O5. The van der Waals surface area contributed by atoms with E-state index < -0.39 is 0 Å². The molecule has 5 rings (SSSR count). The molecule has 10 heteroatoms. The van der Waals surface area contributed by atoms with Gasteiger partial charge in [-0.05, 0) is 42.3 Å². The van der Waals surface area contributed by atoms with E-state index in [0.717, 1.165) is 35.1 Å². The molecule has 0 bridgehead atoms. The van der Waals surface area contributed by atoms with Crippen molar-refractivity contribution in [3.63, 3.8) is 0 Å². The second kappa shape index (κ2) is 11.4. The van der Waals surface area contributed by atoms with Gasteiger partial charge in [-0.2, -0.15) is 0 Å². The summed E-state index contributed by atoms with van der Waals surface area (Å²) >= 11 is 0. The fourth-order valence-electron chi connectivity index (χ4n) is 4.92. The van der Waals surface area contributed by atoms with E-state index in [-0.39, 0.29) is 17.6 Å². The van der Waals surface area contributed by atoms with E-state index in [1.807, 2.05) is 31.3 Å². The normalized spacial score (nSPS) is 18.8. The third kappa shape index (κ3) is 5.99. The van der Waals surface area contributed by atoms with E-state index in [4.69, 9.17) is 19.2 Å². The third-order valence-electron chi connectivity index (χ3n) is 6.78. The van der Waals surface area contributed by atoms with E-state index in [2.05, 4.69) is 20.1 Å². The predicted molar refractivity (Wildman–Crippen MR) is 141 cm³/mol. The Balaban J connectivity index is 1.44. The minimum absolute atomic E-state index is 0.0879. The molecule has 2 aliphatic rings. The molecule has 2 saturated heterocycles. The number of nitrogens with one attached hydrogen (secondary N) is 2. The molecule has 37 heavy (non-hydrogen) atoms. The molecule has 1 atom stereocenters. The highest BCUT2D eigenvalue weighted by atomic mass is 16.5. The van der Waals surface area contributed by atoms with Crippen LogP contribution in [0.3, 0.4) is 0 Å². The van der Waals surface area contributed by atoms with Crippen molar-refractivity contribution in [2.24, 2.45) is 0 Å². The summed E-state index contributed by atoms with van der Waals surface area (Å²) < 4.78 is 16.6. The average molecular weight is 508 g/mol. The Hall–Kier alpha value is -3.31. The topological polar surface area (TPSA) is 109 Å². The Labute approximate surface area is 215 Å². The smallest absolute Gasteiger partial charge is 0.259 e. The van der Waals surface area contributed by atoms with Crippen LogP contribution in [0.2, 0.25) is 0 Å². The van der Waals surface area contributed by atoms with Crippen LogP contribution in [0.15, 0.2) is 41.3 Å². The Morgan fingerprint density at radius 3 is 2.84 bits per heavy atom. The van der Waals surface area contributed by atoms with Crippen LogP contribution in [-0.2, 0) is 20.8 Å². The number of aromatic nitrogens is 2. The molecule has 0 spiro atoms. The number of aryl methyl sites for hydroxylation is 1. The van der Waals surface area contributed by atoms with Gasteiger partial charge in [-0.15, -0.1) is 0 Å². The Morgan fingerprint density at radius 2 is 2.03 bits per heavy atom. The fourth-order valence-corrected chi connectivity index (χ4v) is 4.92. The van der Waals surface area contributed by atoms with E-state index in [0.29, 0.717) is 63.1 Å². The van der Waals surface area contributed by atoms with Gasteiger partial charge in [-0.1, -0.05) is 0 Å². The summed E-state index contributed by atoms with van der Waals surface area (Å²) in [6, 6.07) is 8.98. The Kier molecular flexibility index (Phi) is 7.80. The number of hydrogen-bond donors (Lipinski definition) is 2. The van der Waals surface area contributed by atoms with Gasteiger partial charge >= 0.3 is 0 Å². The number of ether oxygens (including phenoxy) is 3. The first-order chi connectivity index (χ1) is 18.0. The van der Waals surface area contributed by atoms with Crippen molar-refractivity contribution >= 4 is 28.3 Å². The fraction of sp³-hybridized carbons (Fsp3) is 0.444. The van der Waals surface area contributed by atoms with Crippen molar-refractivity contribution in [2.45, 2.75) is 19.6 Å². The Bertz CT molecular complexity index is 1320. The summed E-state index contributed by atoms with van der Waals surface area (Å²) in [5.74, 6) is 0.400. The van der Waals surface area contributed by atoms with Crippen LogP contribution in [0.4, 0.5) is 11.5 Å². The molecule has 10 nitrogen and oxygen atoms in total. The van der Waals surface area contributed by atoms with Gasteiger partial charge in [-0.3, -0.25) is 14.5 Å². The van der Waals surface area contributed by atoms with Crippen LogP contribution < -0.4 is 15.8 Å². The molecule has 0 aliphatic carbocycles. The SMILES string of the molecule is COCC1CN(c2ncc(CN3CCOCC3)cc2C(=O)Nc2ccc3[nH]c(=O)cc(C)c3c2)CCO1. The van der Waals surface area contributed by atoms with Gasteiger partial charge in [0.25, 0.3) is 5.91 Å². The molecule has 0 saturated carbocycles. The van der Waals surface area contributed by atoms with Crippen molar-refractivity contribution in [2.75, 3.05) is 69.9 Å². The van der Waals surface area contributed by atoms with Gasteiger partial charge < -0.3 is 29.4 Å². The average Bonchev–Trinajstić information content (AvgIpc) is 2.90. The molecule has 1 amide bonds. The van der Waals surface area contributed by atoms with E-state index in [1.54, 1.807) is 19.2 Å². The molecular weight excluding hydrogens is 474 g/mol. The largest absolute Gasteiger partial charge is 0.382 e. The highest BCUT2D eigenvalue weighted by Gasteiger charge is 2.26. The maximum atomic E-state index is 13.7. The van der Waals surface area contributed by atoms with Crippen LogP contribution >= 0.6 is 0 Å². The number of methoxy groups -OCH3 is 1. The number of carbonyl (C=O) groups excluding carboxylic acids is 1. The van der Waals surface area contributed by atoms with Crippen molar-refractivity contribution in [3.8, 4) is 0 Å². The lowest BCUT2D eigenvalue weighted by molar-refractivity contribution is -0.0102. The predicted octanol–water partition coefficient (Wildman–Crippen LogP) is 2.17. The minimum Gasteiger partial charge on any atom is -0.382 e. The van der Waals surface area contributed by atoms with Crippen molar-refractivity contribution in [3.05, 3.63) is 63.6 Å². The molecule has 3 aromatic rings. The number of anilines is 2. The molecule has 1 aromatic carbocycles. The summed E-state index contributed by atoms with van der Waals surface area (Å²) in [6.07, 6.45) is 1.77. The van der Waals surface area contributed by atoms with Crippen LogP contribution in [0.1, 0.15) is 21.5 Å². The molecule has 2 fully saturated rings. The van der Waals surface area contributed by atoms with Crippen molar-refractivity contribution < 1.29 is 19.0 Å². The standard InChI is InChI=1S/C27H33N5O5/c1-18-11-25(33)30-24-4-3-20(13-22(18)24)29-27(34)23-12-19(15-31-5-8-36-9-6-31)14-28-26(23)32-7-10-37-21(16-32)17-35-2/h3-4,11-14,21H,5-10,15-17H2,1-2H3,(H,29,34)(H,30,33). The molecule has 2 N–H and O–H groups in total. The zero-order valence-electron chi connectivity index (χ0n) is 21.3. The minimum atomic E-state index is -0.234. The number of benzene rings is 1. The number of morpholine rings is 2. The molecule has 2 aromatic heterocycles. The summed E-state index contributed by atoms with van der Waals surface area (Å²) in [4.78, 5) is 37.5. The number of aromatic amines is 1. The third-order valence-corrected chi connectivity index (χ3v) is 6.78. The number of rotatable bonds is 7. The van der Waals surface area contributed by atoms with E-state index in [1.165, 1.54) is 0 Å². The number of hydrogen-bond acceptors (Lipinski definition) is 8. The first-order valence-corrected chi connectivity index (χ1v) is 12.6. The number of H-pyrrole nitrogens is 1. The zero-order chi connectivity index (χ0) is 25.8. The van der Waals surface area contributed by atoms with Gasteiger partial charge in [-0.25, -0.2) is 4.98 Å². The van der Waals surface area contributed by atoms with Gasteiger partial charge in [0.05, 0.1) is 38.1 Å². The van der Waals surface area contributed by atoms with Gasteiger partial charge in [0.1, 0.15) is 5.82 Å². The van der Waals surface area contributed by atoms with Gasteiger partial charge in [0.15, 0.2) is 0 Å². The summed E-state index contributed by atoms with van der Waals surface area (Å²) in [5, 5.41) is 3.93. The molecule has 196 valence electrons. The lowest BCUT2D eigenvalue weighted by Crippen LogP contribution is -2.45. The molecule has 1 unspecified atom stereocenters. The van der Waals surface area contributed by atoms with Crippen molar-refractivity contribution in [1.29, 1.82) is 0 Å². The summed E-state index contributed by atoms with van der Waals surface area (Å²) in [5.41, 5.74) is 3.58. The number of pyridine rings is 2. The highest BCUT2D eigenvalue weighted by Crippen LogP contribution is 2.25. The van der Waals surface area contributed by atoms with Crippen LogP contribution in [0.25, 0.3) is 10.9 Å². The molecule has 4 heterocycles. The van der Waals surface area contributed by atoms with Crippen molar-refractivity contribution in [1.82, 2.24) is 14.9 Å². The van der Waals surface area contributed by atoms with Crippen LogP contribution in [0.5, 0.6) is 0 Å². The lowest BCUT2D eigenvalue weighted by Gasteiger charge is -2.34. The number of amides is 1. The quantitative estimate of drug-likeness (QED) is 0.501. The van der Waals surface area contributed by atoms with Gasteiger partial charge in [0, 0.05) is 68.7 Å². The highest BCUT2D eigenvalue weighted by molar-refractivity contribution is 6.08. The first kappa shape index (κ1) is 25.3.